The molecule has 6 heteroatoms. The third-order valence-electron chi connectivity index (χ3n) is 3.34. The standard InChI is InChI=1S/C15H22Cl2O3S/c16-15(17,14-10-6-5-7-11-14)12-8-3-1-2-4-9-13-21(18,19)20/h5-7,10-11H,1-4,8-9,12-13H2,(H,18,19,20). The second kappa shape index (κ2) is 8.99. The number of halogens is 2. The number of rotatable bonds is 10. The van der Waals surface area contributed by atoms with Gasteiger partial charge in [-0.25, -0.2) is 0 Å². The van der Waals surface area contributed by atoms with Crippen LogP contribution in [0.2, 0.25) is 0 Å². The minimum absolute atomic E-state index is 0.145. The lowest BCUT2D eigenvalue weighted by Crippen LogP contribution is -2.09. The molecule has 0 aliphatic heterocycles. The molecule has 0 heterocycles. The fourth-order valence-electron chi connectivity index (χ4n) is 2.16. The summed E-state index contributed by atoms with van der Waals surface area (Å²) in [6, 6.07) is 9.62. The monoisotopic (exact) mass is 352 g/mol. The summed E-state index contributed by atoms with van der Waals surface area (Å²) in [5.41, 5.74) is 0.918. The number of unbranched alkanes of at least 4 members (excludes halogenated alkanes) is 5. The molecule has 1 aromatic rings. The Balaban J connectivity index is 2.11. The van der Waals surface area contributed by atoms with E-state index in [-0.39, 0.29) is 5.75 Å². The van der Waals surface area contributed by atoms with E-state index in [4.69, 9.17) is 27.8 Å². The first-order valence-corrected chi connectivity index (χ1v) is 9.56. The Bertz CT molecular complexity index is 501. The van der Waals surface area contributed by atoms with Crippen molar-refractivity contribution in [2.24, 2.45) is 0 Å². The number of hydrogen-bond donors (Lipinski definition) is 1. The quantitative estimate of drug-likeness (QED) is 0.368. The van der Waals surface area contributed by atoms with Crippen molar-refractivity contribution in [3.63, 3.8) is 0 Å². The highest BCUT2D eigenvalue weighted by Gasteiger charge is 2.25. The lowest BCUT2D eigenvalue weighted by Gasteiger charge is -2.19. The average molecular weight is 353 g/mol. The van der Waals surface area contributed by atoms with Gasteiger partial charge < -0.3 is 0 Å². The van der Waals surface area contributed by atoms with Crippen molar-refractivity contribution in [3.8, 4) is 0 Å². The van der Waals surface area contributed by atoms with Crippen LogP contribution >= 0.6 is 23.2 Å². The van der Waals surface area contributed by atoms with Gasteiger partial charge in [-0.15, -0.1) is 0 Å². The molecule has 0 atom stereocenters. The van der Waals surface area contributed by atoms with Gasteiger partial charge in [0.05, 0.1) is 5.75 Å². The predicted octanol–water partition coefficient (Wildman–Crippen LogP) is 4.94. The number of alkyl halides is 2. The molecule has 0 aliphatic carbocycles. The van der Waals surface area contributed by atoms with Crippen LogP contribution < -0.4 is 0 Å². The Labute approximate surface area is 137 Å². The minimum Gasteiger partial charge on any atom is -0.286 e. The summed E-state index contributed by atoms with van der Waals surface area (Å²) >= 11 is 12.7. The van der Waals surface area contributed by atoms with Gasteiger partial charge in [0, 0.05) is 0 Å². The zero-order chi connectivity index (χ0) is 15.8. The Morgan fingerprint density at radius 2 is 1.43 bits per heavy atom. The Morgan fingerprint density at radius 3 is 2.00 bits per heavy atom. The van der Waals surface area contributed by atoms with Crippen LogP contribution in [0.3, 0.4) is 0 Å². The topological polar surface area (TPSA) is 54.4 Å². The van der Waals surface area contributed by atoms with Crippen LogP contribution in [-0.2, 0) is 14.5 Å². The molecule has 0 unspecified atom stereocenters. The first-order chi connectivity index (χ1) is 9.81. The third-order valence-corrected chi connectivity index (χ3v) is 4.96. The largest absolute Gasteiger partial charge is 0.286 e. The van der Waals surface area contributed by atoms with E-state index in [0.29, 0.717) is 12.8 Å². The molecule has 1 aromatic carbocycles. The van der Waals surface area contributed by atoms with Crippen molar-refractivity contribution >= 4 is 33.3 Å². The van der Waals surface area contributed by atoms with Crippen molar-refractivity contribution in [1.82, 2.24) is 0 Å². The van der Waals surface area contributed by atoms with Gasteiger partial charge in [0.1, 0.15) is 4.33 Å². The lowest BCUT2D eigenvalue weighted by atomic mass is 10.0. The Morgan fingerprint density at radius 1 is 0.905 bits per heavy atom. The van der Waals surface area contributed by atoms with Gasteiger partial charge in [-0.2, -0.15) is 8.42 Å². The smallest absolute Gasteiger partial charge is 0.264 e. The summed E-state index contributed by atoms with van der Waals surface area (Å²) in [6.45, 7) is 0. The van der Waals surface area contributed by atoms with E-state index in [2.05, 4.69) is 0 Å². The zero-order valence-electron chi connectivity index (χ0n) is 12.0. The summed E-state index contributed by atoms with van der Waals surface area (Å²) < 4.78 is 28.8. The lowest BCUT2D eigenvalue weighted by molar-refractivity contribution is 0.478. The molecule has 0 saturated carbocycles. The van der Waals surface area contributed by atoms with Gasteiger partial charge in [0.15, 0.2) is 0 Å². The van der Waals surface area contributed by atoms with Gasteiger partial charge in [0.25, 0.3) is 10.1 Å². The van der Waals surface area contributed by atoms with E-state index in [0.717, 1.165) is 37.7 Å². The van der Waals surface area contributed by atoms with Crippen LogP contribution in [0.5, 0.6) is 0 Å². The van der Waals surface area contributed by atoms with Crippen LogP contribution in [0.4, 0.5) is 0 Å². The molecule has 0 amide bonds. The van der Waals surface area contributed by atoms with E-state index in [1.54, 1.807) is 0 Å². The van der Waals surface area contributed by atoms with Crippen molar-refractivity contribution in [1.29, 1.82) is 0 Å². The van der Waals surface area contributed by atoms with Crippen molar-refractivity contribution in [3.05, 3.63) is 35.9 Å². The molecular weight excluding hydrogens is 331 g/mol. The first kappa shape index (κ1) is 18.8. The molecule has 0 aliphatic rings. The molecule has 0 radical (unpaired) electrons. The normalized spacial score (nSPS) is 12.5. The summed E-state index contributed by atoms with van der Waals surface area (Å²) in [5, 5.41) is 0. The highest BCUT2D eigenvalue weighted by atomic mass is 35.5. The van der Waals surface area contributed by atoms with Gasteiger partial charge in [0.2, 0.25) is 0 Å². The van der Waals surface area contributed by atoms with Crippen LogP contribution in [0.1, 0.15) is 50.5 Å². The van der Waals surface area contributed by atoms with E-state index in [9.17, 15) is 8.42 Å². The van der Waals surface area contributed by atoms with Crippen LogP contribution in [0.15, 0.2) is 30.3 Å². The van der Waals surface area contributed by atoms with Gasteiger partial charge in [-0.3, -0.25) is 4.55 Å². The van der Waals surface area contributed by atoms with E-state index in [1.165, 1.54) is 0 Å². The van der Waals surface area contributed by atoms with Crippen molar-refractivity contribution < 1.29 is 13.0 Å². The molecule has 1 rings (SSSR count). The maximum atomic E-state index is 10.5. The molecule has 3 nitrogen and oxygen atoms in total. The molecule has 0 saturated heterocycles. The minimum atomic E-state index is -3.81. The van der Waals surface area contributed by atoms with E-state index >= 15 is 0 Å². The molecule has 21 heavy (non-hydrogen) atoms. The van der Waals surface area contributed by atoms with Crippen LogP contribution in [-0.4, -0.2) is 18.7 Å². The maximum Gasteiger partial charge on any atom is 0.264 e. The Hall–Kier alpha value is -0.290. The molecule has 0 aromatic heterocycles. The number of hydrogen-bond acceptors (Lipinski definition) is 2. The molecular formula is C15H22Cl2O3S. The van der Waals surface area contributed by atoms with Crippen molar-refractivity contribution in [2.75, 3.05) is 5.75 Å². The highest BCUT2D eigenvalue weighted by molar-refractivity contribution is 7.85. The second-order valence-corrected chi connectivity index (χ2v) is 8.28. The van der Waals surface area contributed by atoms with E-state index < -0.39 is 14.5 Å². The molecule has 0 spiro atoms. The van der Waals surface area contributed by atoms with Crippen LogP contribution in [0, 0.1) is 0 Å². The molecule has 1 N–H and O–H groups in total. The predicted molar refractivity (Wildman–Crippen MR) is 88.6 cm³/mol. The SMILES string of the molecule is O=S(=O)(O)CCCCCCCCC(Cl)(Cl)c1ccccc1. The fourth-order valence-corrected chi connectivity index (χ4v) is 3.25. The summed E-state index contributed by atoms with van der Waals surface area (Å²) in [5.74, 6) is -0.145. The second-order valence-electron chi connectivity index (χ2n) is 5.23. The highest BCUT2D eigenvalue weighted by Crippen LogP contribution is 2.38. The van der Waals surface area contributed by atoms with E-state index in [1.807, 2.05) is 30.3 Å². The van der Waals surface area contributed by atoms with Gasteiger partial charge in [-0.05, 0) is 18.4 Å². The third kappa shape index (κ3) is 8.67. The Kier molecular flexibility index (Phi) is 8.03. The summed E-state index contributed by atoms with van der Waals surface area (Å²) in [7, 11) is -3.81. The van der Waals surface area contributed by atoms with Crippen molar-refractivity contribution in [2.45, 2.75) is 49.3 Å². The fraction of sp³-hybridized carbons (Fsp3) is 0.600. The summed E-state index contributed by atoms with van der Waals surface area (Å²) in [4.78, 5) is 0. The van der Waals surface area contributed by atoms with Gasteiger partial charge >= 0.3 is 0 Å². The zero-order valence-corrected chi connectivity index (χ0v) is 14.3. The maximum absolute atomic E-state index is 10.5. The van der Waals surface area contributed by atoms with Crippen LogP contribution in [0.25, 0.3) is 0 Å². The number of benzene rings is 1. The molecule has 0 fully saturated rings. The first-order valence-electron chi connectivity index (χ1n) is 7.20. The van der Waals surface area contributed by atoms with Gasteiger partial charge in [-0.1, -0.05) is 85.6 Å². The average Bonchev–Trinajstić information content (AvgIpc) is 2.41. The summed E-state index contributed by atoms with van der Waals surface area (Å²) in [6.07, 6.45) is 5.94. The molecule has 120 valence electrons. The molecule has 0 bridgehead atoms.